The molecule has 0 radical (unpaired) electrons. The van der Waals surface area contributed by atoms with E-state index in [0.717, 1.165) is 55.6 Å². The predicted octanol–water partition coefficient (Wildman–Crippen LogP) is 3.01. The molecule has 2 heterocycles. The Bertz CT molecular complexity index is 655. The molecule has 0 atom stereocenters. The summed E-state index contributed by atoms with van der Waals surface area (Å²) in [5.41, 5.74) is 1.24. The molecule has 0 amide bonds. The Labute approximate surface area is 124 Å². The van der Waals surface area contributed by atoms with Crippen LogP contribution in [-0.2, 0) is 11.2 Å². The molecule has 1 saturated carbocycles. The monoisotopic (exact) mass is 287 g/mol. The lowest BCUT2D eigenvalue weighted by Crippen LogP contribution is -2.33. The standard InChI is InChI=1S/C16H21N3O2/c1-12-6-9-19-13(10-12)17-18-14(19)11-16(15(20)21)7-4-2-3-5-8-16/h6,9-10H,2-5,7-8,11H2,1H3,(H,20,21). The maximum atomic E-state index is 11.9. The molecule has 5 heteroatoms. The van der Waals surface area contributed by atoms with Gasteiger partial charge in [-0.05, 0) is 37.5 Å². The van der Waals surface area contributed by atoms with Crippen molar-refractivity contribution in [1.29, 1.82) is 0 Å². The minimum Gasteiger partial charge on any atom is -0.481 e. The molecule has 112 valence electrons. The van der Waals surface area contributed by atoms with E-state index in [1.807, 2.05) is 29.7 Å². The Kier molecular flexibility index (Phi) is 3.66. The smallest absolute Gasteiger partial charge is 0.310 e. The lowest BCUT2D eigenvalue weighted by molar-refractivity contribution is -0.150. The average Bonchev–Trinajstić information content (AvgIpc) is 2.69. The molecule has 0 spiro atoms. The van der Waals surface area contributed by atoms with Gasteiger partial charge in [0.15, 0.2) is 5.65 Å². The molecule has 0 aliphatic heterocycles. The van der Waals surface area contributed by atoms with Gasteiger partial charge in [0.05, 0.1) is 5.41 Å². The molecule has 0 unspecified atom stereocenters. The fourth-order valence-corrected chi connectivity index (χ4v) is 3.34. The predicted molar refractivity (Wildman–Crippen MR) is 79.2 cm³/mol. The van der Waals surface area contributed by atoms with Crippen molar-refractivity contribution in [2.45, 2.75) is 51.9 Å². The van der Waals surface area contributed by atoms with Gasteiger partial charge in [0.1, 0.15) is 5.82 Å². The van der Waals surface area contributed by atoms with Crippen molar-refractivity contribution >= 4 is 11.6 Å². The highest BCUT2D eigenvalue weighted by Crippen LogP contribution is 2.38. The third-order valence-corrected chi connectivity index (χ3v) is 4.65. The third-order valence-electron chi connectivity index (χ3n) is 4.65. The molecule has 5 nitrogen and oxygen atoms in total. The lowest BCUT2D eigenvalue weighted by Gasteiger charge is -2.27. The molecular weight excluding hydrogens is 266 g/mol. The summed E-state index contributed by atoms with van der Waals surface area (Å²) in [6.45, 7) is 2.01. The van der Waals surface area contributed by atoms with Gasteiger partial charge in [-0.1, -0.05) is 25.7 Å². The van der Waals surface area contributed by atoms with Crippen LogP contribution in [-0.4, -0.2) is 25.7 Å². The summed E-state index contributed by atoms with van der Waals surface area (Å²) in [4.78, 5) is 11.9. The number of hydrogen-bond donors (Lipinski definition) is 1. The summed E-state index contributed by atoms with van der Waals surface area (Å²) in [7, 11) is 0. The molecule has 2 aromatic heterocycles. The Morgan fingerprint density at radius 2 is 2.00 bits per heavy atom. The summed E-state index contributed by atoms with van der Waals surface area (Å²) in [6.07, 6.45) is 8.12. The first-order chi connectivity index (χ1) is 10.1. The van der Waals surface area contributed by atoms with Crippen LogP contribution in [0.5, 0.6) is 0 Å². The SMILES string of the molecule is Cc1ccn2c(CC3(C(=O)O)CCCCCC3)nnc2c1. The number of carboxylic acid groups (broad SMARTS) is 1. The van der Waals surface area contributed by atoms with Gasteiger partial charge in [-0.15, -0.1) is 10.2 Å². The fraction of sp³-hybridized carbons (Fsp3) is 0.562. The fourth-order valence-electron chi connectivity index (χ4n) is 3.34. The van der Waals surface area contributed by atoms with Crippen LogP contribution < -0.4 is 0 Å². The molecule has 0 aromatic carbocycles. The van der Waals surface area contributed by atoms with Crippen molar-refractivity contribution in [3.8, 4) is 0 Å². The quantitative estimate of drug-likeness (QED) is 0.881. The number of aryl methyl sites for hydroxylation is 1. The molecule has 1 fully saturated rings. The van der Waals surface area contributed by atoms with Gasteiger partial charge in [0, 0.05) is 12.6 Å². The molecule has 1 aliphatic carbocycles. The van der Waals surface area contributed by atoms with Crippen LogP contribution >= 0.6 is 0 Å². The second-order valence-corrected chi connectivity index (χ2v) is 6.22. The Hall–Kier alpha value is -1.91. The van der Waals surface area contributed by atoms with E-state index in [2.05, 4.69) is 10.2 Å². The van der Waals surface area contributed by atoms with E-state index in [4.69, 9.17) is 0 Å². The average molecular weight is 287 g/mol. The van der Waals surface area contributed by atoms with Crippen LogP contribution in [0, 0.1) is 12.3 Å². The molecular formula is C16H21N3O2. The summed E-state index contributed by atoms with van der Waals surface area (Å²) >= 11 is 0. The van der Waals surface area contributed by atoms with Gasteiger partial charge >= 0.3 is 5.97 Å². The second kappa shape index (κ2) is 5.47. The Morgan fingerprint density at radius 3 is 2.67 bits per heavy atom. The summed E-state index contributed by atoms with van der Waals surface area (Å²) < 4.78 is 1.92. The van der Waals surface area contributed by atoms with E-state index in [0.29, 0.717) is 6.42 Å². The number of nitrogens with zero attached hydrogens (tertiary/aromatic N) is 3. The van der Waals surface area contributed by atoms with E-state index in [-0.39, 0.29) is 0 Å². The number of aromatic nitrogens is 3. The van der Waals surface area contributed by atoms with Gasteiger partial charge in [-0.3, -0.25) is 9.20 Å². The highest BCUT2D eigenvalue weighted by molar-refractivity contribution is 5.75. The molecule has 0 bridgehead atoms. The number of aliphatic carboxylic acids is 1. The maximum Gasteiger partial charge on any atom is 0.310 e. The highest BCUT2D eigenvalue weighted by Gasteiger charge is 2.40. The zero-order valence-electron chi connectivity index (χ0n) is 12.4. The number of hydrogen-bond acceptors (Lipinski definition) is 3. The minimum absolute atomic E-state index is 0.465. The third kappa shape index (κ3) is 2.64. The van der Waals surface area contributed by atoms with Crippen LogP contribution in [0.2, 0.25) is 0 Å². The van der Waals surface area contributed by atoms with Gasteiger partial charge in [-0.25, -0.2) is 0 Å². The zero-order valence-corrected chi connectivity index (χ0v) is 12.4. The number of pyridine rings is 1. The molecule has 21 heavy (non-hydrogen) atoms. The first kappa shape index (κ1) is 14.0. The zero-order chi connectivity index (χ0) is 14.9. The molecule has 3 rings (SSSR count). The van der Waals surface area contributed by atoms with Crippen molar-refractivity contribution < 1.29 is 9.90 Å². The van der Waals surface area contributed by atoms with Crippen molar-refractivity contribution in [2.24, 2.45) is 5.41 Å². The van der Waals surface area contributed by atoms with Crippen LogP contribution in [0.25, 0.3) is 5.65 Å². The second-order valence-electron chi connectivity index (χ2n) is 6.22. The van der Waals surface area contributed by atoms with Crippen molar-refractivity contribution in [2.75, 3.05) is 0 Å². The van der Waals surface area contributed by atoms with Crippen molar-refractivity contribution in [3.63, 3.8) is 0 Å². The minimum atomic E-state index is -0.687. The van der Waals surface area contributed by atoms with Crippen LogP contribution in [0.3, 0.4) is 0 Å². The molecule has 2 aromatic rings. The number of rotatable bonds is 3. The Balaban J connectivity index is 1.96. The number of fused-ring (bicyclic) bond motifs is 1. The van der Waals surface area contributed by atoms with Crippen LogP contribution in [0.4, 0.5) is 0 Å². The van der Waals surface area contributed by atoms with E-state index in [1.165, 1.54) is 0 Å². The maximum absolute atomic E-state index is 11.9. The molecule has 0 saturated heterocycles. The Morgan fingerprint density at radius 1 is 1.29 bits per heavy atom. The summed E-state index contributed by atoms with van der Waals surface area (Å²) in [5.74, 6) is 0.0718. The number of carboxylic acids is 1. The lowest BCUT2D eigenvalue weighted by atomic mass is 9.77. The van der Waals surface area contributed by atoms with E-state index in [9.17, 15) is 9.90 Å². The van der Waals surface area contributed by atoms with Gasteiger partial charge in [0.2, 0.25) is 0 Å². The molecule has 1 N–H and O–H groups in total. The van der Waals surface area contributed by atoms with Gasteiger partial charge in [-0.2, -0.15) is 0 Å². The molecule has 1 aliphatic rings. The van der Waals surface area contributed by atoms with E-state index in [1.54, 1.807) is 0 Å². The van der Waals surface area contributed by atoms with Crippen LogP contribution in [0.1, 0.15) is 49.9 Å². The van der Waals surface area contributed by atoms with Crippen molar-refractivity contribution in [1.82, 2.24) is 14.6 Å². The van der Waals surface area contributed by atoms with Gasteiger partial charge in [0.25, 0.3) is 0 Å². The van der Waals surface area contributed by atoms with Crippen LogP contribution in [0.15, 0.2) is 18.3 Å². The first-order valence-electron chi connectivity index (χ1n) is 7.64. The van der Waals surface area contributed by atoms with E-state index >= 15 is 0 Å². The van der Waals surface area contributed by atoms with E-state index < -0.39 is 11.4 Å². The largest absolute Gasteiger partial charge is 0.481 e. The highest BCUT2D eigenvalue weighted by atomic mass is 16.4. The van der Waals surface area contributed by atoms with Gasteiger partial charge < -0.3 is 5.11 Å². The van der Waals surface area contributed by atoms with Crippen molar-refractivity contribution in [3.05, 3.63) is 29.7 Å². The first-order valence-corrected chi connectivity index (χ1v) is 7.64. The number of carbonyl (C=O) groups is 1. The normalized spacial score (nSPS) is 18.5. The summed E-state index contributed by atoms with van der Waals surface area (Å²) in [5, 5.41) is 18.2. The topological polar surface area (TPSA) is 67.5 Å². The summed E-state index contributed by atoms with van der Waals surface area (Å²) in [6, 6.07) is 3.97.